The highest BCUT2D eigenvalue weighted by atomic mass is 16.3. The largest absolute Gasteiger partial charge is 0.393 e. The molecule has 31 heavy (non-hydrogen) atoms. The highest BCUT2D eigenvalue weighted by molar-refractivity contribution is 5.60. The predicted octanol–water partition coefficient (Wildman–Crippen LogP) is 2.59. The fraction of sp³-hybridized carbons (Fsp3) is 0.391. The molecule has 5 rings (SSSR count). The lowest BCUT2D eigenvalue weighted by Crippen LogP contribution is -2.36. The van der Waals surface area contributed by atoms with Crippen LogP contribution in [0.5, 0.6) is 0 Å². The van der Waals surface area contributed by atoms with Crippen molar-refractivity contribution in [2.75, 3.05) is 41.3 Å². The van der Waals surface area contributed by atoms with Crippen LogP contribution in [-0.4, -0.2) is 63.4 Å². The van der Waals surface area contributed by atoms with Crippen molar-refractivity contribution in [1.82, 2.24) is 19.9 Å². The molecule has 0 aliphatic carbocycles. The van der Waals surface area contributed by atoms with Crippen LogP contribution >= 0.6 is 0 Å². The van der Waals surface area contributed by atoms with Crippen LogP contribution in [0.15, 0.2) is 54.9 Å². The van der Waals surface area contributed by atoms with Gasteiger partial charge >= 0.3 is 0 Å². The number of aliphatic hydroxyl groups excluding tert-OH is 1. The summed E-state index contributed by atoms with van der Waals surface area (Å²) in [7, 11) is 0. The van der Waals surface area contributed by atoms with Gasteiger partial charge in [0.15, 0.2) is 0 Å². The molecule has 1 unspecified atom stereocenters. The molecular weight excluding hydrogens is 390 g/mol. The highest BCUT2D eigenvalue weighted by Crippen LogP contribution is 2.23. The number of benzene rings is 1. The molecule has 2 fully saturated rings. The van der Waals surface area contributed by atoms with Crippen LogP contribution in [0.3, 0.4) is 0 Å². The van der Waals surface area contributed by atoms with E-state index in [4.69, 9.17) is 9.97 Å². The van der Waals surface area contributed by atoms with Crippen molar-refractivity contribution in [3.05, 3.63) is 54.9 Å². The predicted molar refractivity (Wildman–Crippen MR) is 121 cm³/mol. The van der Waals surface area contributed by atoms with Gasteiger partial charge in [0, 0.05) is 50.2 Å². The van der Waals surface area contributed by atoms with Crippen molar-refractivity contribution < 1.29 is 5.11 Å². The van der Waals surface area contributed by atoms with Gasteiger partial charge in [-0.2, -0.15) is 4.98 Å². The second kappa shape index (κ2) is 8.85. The van der Waals surface area contributed by atoms with E-state index in [1.807, 2.05) is 36.5 Å². The van der Waals surface area contributed by atoms with Gasteiger partial charge in [-0.05, 0) is 31.4 Å². The molecule has 2 N–H and O–H groups in total. The van der Waals surface area contributed by atoms with Crippen LogP contribution in [0.1, 0.15) is 19.3 Å². The molecule has 0 bridgehead atoms. The number of aromatic nitrogens is 4. The van der Waals surface area contributed by atoms with E-state index >= 15 is 0 Å². The molecule has 160 valence electrons. The molecule has 1 aromatic carbocycles. The molecule has 0 saturated carbocycles. The third kappa shape index (κ3) is 4.59. The Balaban J connectivity index is 1.23. The smallest absolute Gasteiger partial charge is 0.225 e. The number of hydrogen-bond acceptors (Lipinski definition) is 8. The molecule has 8 heteroatoms. The van der Waals surface area contributed by atoms with Crippen LogP contribution in [0, 0.1) is 0 Å². The molecular formula is C23H27N7O. The number of hydrogen-bond donors (Lipinski definition) is 2. The topological polar surface area (TPSA) is 90.3 Å². The molecule has 2 aromatic heterocycles. The summed E-state index contributed by atoms with van der Waals surface area (Å²) >= 11 is 0. The molecule has 2 saturated heterocycles. The molecule has 0 spiro atoms. The van der Waals surface area contributed by atoms with Crippen molar-refractivity contribution >= 4 is 17.7 Å². The van der Waals surface area contributed by atoms with Crippen LogP contribution in [-0.2, 0) is 0 Å². The minimum Gasteiger partial charge on any atom is -0.393 e. The lowest BCUT2D eigenvalue weighted by molar-refractivity contribution is 0.145. The quantitative estimate of drug-likeness (QED) is 0.655. The maximum atomic E-state index is 9.73. The molecule has 8 nitrogen and oxygen atoms in total. The van der Waals surface area contributed by atoms with Gasteiger partial charge in [-0.25, -0.2) is 15.0 Å². The van der Waals surface area contributed by atoms with Crippen LogP contribution in [0.4, 0.5) is 17.7 Å². The zero-order valence-corrected chi connectivity index (χ0v) is 17.4. The number of aliphatic hydroxyl groups is 1. The highest BCUT2D eigenvalue weighted by Gasteiger charge is 2.25. The number of nitrogens with zero attached hydrogens (tertiary/aromatic N) is 6. The van der Waals surface area contributed by atoms with Crippen LogP contribution < -0.4 is 15.1 Å². The van der Waals surface area contributed by atoms with E-state index in [-0.39, 0.29) is 12.1 Å². The minimum atomic E-state index is -0.192. The first-order valence-electron chi connectivity index (χ1n) is 10.9. The summed E-state index contributed by atoms with van der Waals surface area (Å²) in [5.41, 5.74) is 2.03. The van der Waals surface area contributed by atoms with E-state index < -0.39 is 0 Å². The normalized spacial score (nSPS) is 19.6. The summed E-state index contributed by atoms with van der Waals surface area (Å²) in [6, 6.07) is 14.3. The SMILES string of the molecule is OC1CCN(c2ccnc(NC3CCN(c4nccc(-c5ccccc5)n4)C3)n2)CC1. The third-order valence-corrected chi connectivity index (χ3v) is 5.95. The summed E-state index contributed by atoms with van der Waals surface area (Å²) in [6.07, 6.45) is 5.98. The zero-order valence-electron chi connectivity index (χ0n) is 17.4. The summed E-state index contributed by atoms with van der Waals surface area (Å²) in [6.45, 7) is 3.34. The summed E-state index contributed by atoms with van der Waals surface area (Å²) in [5, 5.41) is 13.2. The minimum absolute atomic E-state index is 0.192. The van der Waals surface area contributed by atoms with Crippen molar-refractivity contribution in [2.45, 2.75) is 31.4 Å². The van der Waals surface area contributed by atoms with Crippen molar-refractivity contribution in [1.29, 1.82) is 0 Å². The average molecular weight is 418 g/mol. The van der Waals surface area contributed by atoms with E-state index in [9.17, 15) is 5.11 Å². The second-order valence-electron chi connectivity index (χ2n) is 8.14. The molecule has 2 aliphatic rings. The Bertz CT molecular complexity index is 1010. The summed E-state index contributed by atoms with van der Waals surface area (Å²) in [4.78, 5) is 22.8. The molecule has 4 heterocycles. The average Bonchev–Trinajstić information content (AvgIpc) is 3.29. The van der Waals surface area contributed by atoms with E-state index in [2.05, 4.69) is 37.2 Å². The van der Waals surface area contributed by atoms with Gasteiger partial charge in [-0.15, -0.1) is 0 Å². The summed E-state index contributed by atoms with van der Waals surface area (Å²) in [5.74, 6) is 2.32. The van der Waals surface area contributed by atoms with E-state index in [1.54, 1.807) is 6.20 Å². The monoisotopic (exact) mass is 417 g/mol. The van der Waals surface area contributed by atoms with Gasteiger partial charge in [0.2, 0.25) is 11.9 Å². The second-order valence-corrected chi connectivity index (χ2v) is 8.14. The first kappa shape index (κ1) is 19.7. The molecule has 0 amide bonds. The Labute approximate surface area is 182 Å². The zero-order chi connectivity index (χ0) is 21.0. The van der Waals surface area contributed by atoms with E-state index in [1.165, 1.54) is 0 Å². The van der Waals surface area contributed by atoms with Crippen LogP contribution in [0.2, 0.25) is 0 Å². The lowest BCUT2D eigenvalue weighted by Gasteiger charge is -2.30. The lowest BCUT2D eigenvalue weighted by atomic mass is 10.1. The van der Waals surface area contributed by atoms with E-state index in [0.717, 1.165) is 68.5 Å². The standard InChI is InChI=1S/C23H27N7O/c31-19-9-14-29(15-10-19)21-7-12-24-22(28-21)26-18-8-13-30(16-18)23-25-11-6-20(27-23)17-4-2-1-3-5-17/h1-7,11-12,18-19,31H,8-10,13-16H2,(H,24,26,28). The van der Waals surface area contributed by atoms with Crippen molar-refractivity contribution in [2.24, 2.45) is 0 Å². The van der Waals surface area contributed by atoms with Gasteiger partial charge in [0.05, 0.1) is 11.8 Å². The fourth-order valence-corrected chi connectivity index (χ4v) is 4.20. The van der Waals surface area contributed by atoms with Gasteiger partial charge in [0.1, 0.15) is 5.82 Å². The van der Waals surface area contributed by atoms with Gasteiger partial charge in [-0.3, -0.25) is 0 Å². The van der Waals surface area contributed by atoms with Crippen molar-refractivity contribution in [3.63, 3.8) is 0 Å². The maximum Gasteiger partial charge on any atom is 0.225 e. The summed E-state index contributed by atoms with van der Waals surface area (Å²) < 4.78 is 0. The maximum absolute atomic E-state index is 9.73. The number of nitrogens with one attached hydrogen (secondary N) is 1. The van der Waals surface area contributed by atoms with Gasteiger partial charge in [0.25, 0.3) is 0 Å². The van der Waals surface area contributed by atoms with Crippen LogP contribution in [0.25, 0.3) is 11.3 Å². The number of piperidine rings is 1. The van der Waals surface area contributed by atoms with Crippen molar-refractivity contribution in [3.8, 4) is 11.3 Å². The first-order chi connectivity index (χ1) is 15.2. The molecule has 0 radical (unpaired) electrons. The van der Waals surface area contributed by atoms with Gasteiger partial charge < -0.3 is 20.2 Å². The first-order valence-corrected chi connectivity index (χ1v) is 10.9. The Kier molecular flexibility index (Phi) is 5.62. The number of anilines is 3. The van der Waals surface area contributed by atoms with E-state index in [0.29, 0.717) is 5.95 Å². The van der Waals surface area contributed by atoms with Gasteiger partial charge in [-0.1, -0.05) is 30.3 Å². The fourth-order valence-electron chi connectivity index (χ4n) is 4.20. The Morgan fingerprint density at radius 3 is 2.45 bits per heavy atom. The Morgan fingerprint density at radius 2 is 1.61 bits per heavy atom. The Morgan fingerprint density at radius 1 is 0.839 bits per heavy atom. The molecule has 3 aromatic rings. The Hall–Kier alpha value is -3.26. The molecule has 2 aliphatic heterocycles. The molecule has 1 atom stereocenters. The number of rotatable bonds is 5. The third-order valence-electron chi connectivity index (χ3n) is 5.95.